The van der Waals surface area contributed by atoms with Gasteiger partial charge in [-0.2, -0.15) is 0 Å². The Kier molecular flexibility index (Phi) is 7.58. The third-order valence-electron chi connectivity index (χ3n) is 5.11. The summed E-state index contributed by atoms with van der Waals surface area (Å²) in [5.41, 5.74) is 8.12. The molecule has 0 radical (unpaired) electrons. The number of thioether (sulfide) groups is 1. The molecular weight excluding hydrogens is 424 g/mol. The number of carbonyl (C=O) groups excluding carboxylic acids is 1. The van der Waals surface area contributed by atoms with Crippen molar-refractivity contribution in [2.75, 3.05) is 22.9 Å². The molecule has 0 spiro atoms. The van der Waals surface area contributed by atoms with Gasteiger partial charge in [-0.05, 0) is 37.5 Å². The lowest BCUT2D eigenvalue weighted by atomic mass is 10.2. The van der Waals surface area contributed by atoms with Crippen molar-refractivity contribution in [3.8, 4) is 0 Å². The lowest BCUT2D eigenvalue weighted by molar-refractivity contribution is -0.116. The Morgan fingerprint density at radius 1 is 1.12 bits per heavy atom. The number of aryl methyl sites for hydroxylation is 2. The molecule has 7 nitrogen and oxygen atoms in total. The third kappa shape index (κ3) is 5.31. The Morgan fingerprint density at radius 2 is 1.84 bits per heavy atom. The molecule has 32 heavy (non-hydrogen) atoms. The SMILES string of the molecule is CCCN(C(=O)CSc1cc(C)ccc1C)c1c(N)n(Cc2ccccc2)c(=O)[nH]c1=O. The van der Waals surface area contributed by atoms with E-state index in [4.69, 9.17) is 5.73 Å². The third-order valence-corrected chi connectivity index (χ3v) is 6.25. The van der Waals surface area contributed by atoms with Crippen LogP contribution in [0.2, 0.25) is 0 Å². The highest BCUT2D eigenvalue weighted by Gasteiger charge is 2.24. The Hall–Kier alpha value is -3.26. The van der Waals surface area contributed by atoms with Crippen molar-refractivity contribution in [1.82, 2.24) is 9.55 Å². The summed E-state index contributed by atoms with van der Waals surface area (Å²) in [7, 11) is 0. The summed E-state index contributed by atoms with van der Waals surface area (Å²) in [6, 6.07) is 15.4. The molecule has 1 aromatic heterocycles. The van der Waals surface area contributed by atoms with Crippen LogP contribution in [0, 0.1) is 13.8 Å². The van der Waals surface area contributed by atoms with Gasteiger partial charge in [0.05, 0.1) is 12.3 Å². The van der Waals surface area contributed by atoms with Crippen molar-refractivity contribution in [2.24, 2.45) is 0 Å². The number of nitrogen functional groups attached to an aromatic ring is 1. The fraction of sp³-hybridized carbons (Fsp3) is 0.292. The van der Waals surface area contributed by atoms with Gasteiger partial charge in [0.25, 0.3) is 5.56 Å². The molecule has 3 rings (SSSR count). The molecule has 8 heteroatoms. The van der Waals surface area contributed by atoms with Crippen LogP contribution < -0.4 is 21.9 Å². The quantitative estimate of drug-likeness (QED) is 0.511. The molecule has 2 aromatic carbocycles. The van der Waals surface area contributed by atoms with Crippen LogP contribution in [0.3, 0.4) is 0 Å². The summed E-state index contributed by atoms with van der Waals surface area (Å²) in [6.07, 6.45) is 0.635. The van der Waals surface area contributed by atoms with Crippen LogP contribution in [0.15, 0.2) is 63.0 Å². The highest BCUT2D eigenvalue weighted by molar-refractivity contribution is 8.00. The molecule has 3 aromatic rings. The summed E-state index contributed by atoms with van der Waals surface area (Å²) in [4.78, 5) is 43.1. The number of carbonyl (C=O) groups is 1. The van der Waals surface area contributed by atoms with Gasteiger partial charge in [0.1, 0.15) is 5.82 Å². The van der Waals surface area contributed by atoms with E-state index < -0.39 is 11.2 Å². The monoisotopic (exact) mass is 452 g/mol. The van der Waals surface area contributed by atoms with Gasteiger partial charge in [0.15, 0.2) is 5.69 Å². The van der Waals surface area contributed by atoms with E-state index in [1.54, 1.807) is 0 Å². The van der Waals surface area contributed by atoms with Gasteiger partial charge in [-0.15, -0.1) is 11.8 Å². The van der Waals surface area contributed by atoms with Crippen molar-refractivity contribution in [3.05, 3.63) is 86.1 Å². The fourth-order valence-electron chi connectivity index (χ4n) is 3.43. The predicted octanol–water partition coefficient (Wildman–Crippen LogP) is 3.32. The van der Waals surface area contributed by atoms with Crippen LogP contribution in [0.1, 0.15) is 30.0 Å². The maximum Gasteiger partial charge on any atom is 0.330 e. The molecule has 3 N–H and O–H groups in total. The van der Waals surface area contributed by atoms with Gasteiger partial charge in [-0.25, -0.2) is 4.79 Å². The molecule has 0 bridgehead atoms. The van der Waals surface area contributed by atoms with Crippen molar-refractivity contribution in [1.29, 1.82) is 0 Å². The highest BCUT2D eigenvalue weighted by Crippen LogP contribution is 2.25. The summed E-state index contributed by atoms with van der Waals surface area (Å²) in [6.45, 7) is 6.44. The fourth-order valence-corrected chi connectivity index (χ4v) is 4.43. The zero-order valence-corrected chi connectivity index (χ0v) is 19.4. The summed E-state index contributed by atoms with van der Waals surface area (Å²) >= 11 is 1.43. The normalized spacial score (nSPS) is 10.8. The number of amides is 1. The first-order chi connectivity index (χ1) is 15.3. The zero-order valence-electron chi connectivity index (χ0n) is 18.6. The first-order valence-corrected chi connectivity index (χ1v) is 11.5. The standard InChI is InChI=1S/C24H28N4O3S/c1-4-12-27(20(29)15-32-19-13-16(2)10-11-17(19)3)21-22(25)28(24(31)26-23(21)30)14-18-8-6-5-7-9-18/h5-11,13H,4,12,14-15,25H2,1-3H3,(H,26,30,31). The average Bonchev–Trinajstić information content (AvgIpc) is 2.77. The number of nitrogens with zero attached hydrogens (tertiary/aromatic N) is 2. The zero-order chi connectivity index (χ0) is 23.3. The molecule has 0 aliphatic carbocycles. The van der Waals surface area contributed by atoms with E-state index in [0.29, 0.717) is 13.0 Å². The maximum absolute atomic E-state index is 13.2. The first-order valence-electron chi connectivity index (χ1n) is 10.5. The van der Waals surface area contributed by atoms with Crippen LogP contribution in [-0.2, 0) is 11.3 Å². The van der Waals surface area contributed by atoms with E-state index in [1.807, 2.05) is 69.3 Å². The molecule has 168 valence electrons. The van der Waals surface area contributed by atoms with Gasteiger partial charge < -0.3 is 10.6 Å². The molecule has 1 heterocycles. The minimum absolute atomic E-state index is 0.0128. The Bertz CT molecular complexity index is 1220. The van der Waals surface area contributed by atoms with E-state index >= 15 is 0 Å². The number of aromatic amines is 1. The van der Waals surface area contributed by atoms with Gasteiger partial charge in [0.2, 0.25) is 5.91 Å². The lowest BCUT2D eigenvalue weighted by Gasteiger charge is -2.24. The van der Waals surface area contributed by atoms with Gasteiger partial charge in [0, 0.05) is 11.4 Å². The number of nitrogens with one attached hydrogen (secondary N) is 1. The molecule has 0 saturated heterocycles. The van der Waals surface area contributed by atoms with Gasteiger partial charge >= 0.3 is 5.69 Å². The van der Waals surface area contributed by atoms with Crippen molar-refractivity contribution >= 4 is 29.2 Å². The highest BCUT2D eigenvalue weighted by atomic mass is 32.2. The molecule has 1 amide bonds. The first kappa shape index (κ1) is 23.4. The van der Waals surface area contributed by atoms with E-state index in [9.17, 15) is 14.4 Å². The number of aromatic nitrogens is 2. The van der Waals surface area contributed by atoms with Crippen LogP contribution in [0.5, 0.6) is 0 Å². The molecule has 0 unspecified atom stereocenters. The predicted molar refractivity (Wildman–Crippen MR) is 131 cm³/mol. The Balaban J connectivity index is 1.93. The number of nitrogens with two attached hydrogens (primary N) is 1. The number of benzene rings is 2. The Morgan fingerprint density at radius 3 is 2.53 bits per heavy atom. The number of rotatable bonds is 8. The number of hydrogen-bond acceptors (Lipinski definition) is 5. The maximum atomic E-state index is 13.2. The van der Waals surface area contributed by atoms with E-state index in [1.165, 1.54) is 21.2 Å². The number of H-pyrrole nitrogens is 1. The molecule has 0 fully saturated rings. The topological polar surface area (TPSA) is 101 Å². The van der Waals surface area contributed by atoms with Crippen molar-refractivity contribution in [2.45, 2.75) is 38.6 Å². The average molecular weight is 453 g/mol. The molecule has 0 aliphatic rings. The summed E-state index contributed by atoms with van der Waals surface area (Å²) in [5, 5.41) is 0. The second-order valence-electron chi connectivity index (χ2n) is 7.67. The van der Waals surface area contributed by atoms with E-state index in [2.05, 4.69) is 4.98 Å². The van der Waals surface area contributed by atoms with E-state index in [-0.39, 0.29) is 29.7 Å². The van der Waals surface area contributed by atoms with Crippen LogP contribution >= 0.6 is 11.8 Å². The van der Waals surface area contributed by atoms with Crippen LogP contribution in [0.4, 0.5) is 11.5 Å². The molecule has 0 aliphatic heterocycles. The van der Waals surface area contributed by atoms with E-state index in [0.717, 1.165) is 21.6 Å². The summed E-state index contributed by atoms with van der Waals surface area (Å²) < 4.78 is 1.29. The van der Waals surface area contributed by atoms with Gasteiger partial charge in [-0.3, -0.25) is 19.1 Å². The van der Waals surface area contributed by atoms with Crippen LogP contribution in [0.25, 0.3) is 0 Å². The van der Waals surface area contributed by atoms with Crippen molar-refractivity contribution in [3.63, 3.8) is 0 Å². The second-order valence-corrected chi connectivity index (χ2v) is 8.69. The molecular formula is C24H28N4O3S. The molecule has 0 atom stereocenters. The lowest BCUT2D eigenvalue weighted by Crippen LogP contribution is -2.42. The smallest absolute Gasteiger partial charge is 0.330 e. The van der Waals surface area contributed by atoms with Crippen LogP contribution in [-0.4, -0.2) is 27.8 Å². The second kappa shape index (κ2) is 10.4. The largest absolute Gasteiger partial charge is 0.383 e. The van der Waals surface area contributed by atoms with Crippen molar-refractivity contribution < 1.29 is 4.79 Å². The summed E-state index contributed by atoms with van der Waals surface area (Å²) in [5.74, 6) is -0.0953. The number of hydrogen-bond donors (Lipinski definition) is 2. The Labute approximate surface area is 191 Å². The molecule has 0 saturated carbocycles. The minimum Gasteiger partial charge on any atom is -0.383 e. The minimum atomic E-state index is -0.657. The number of anilines is 2. The van der Waals surface area contributed by atoms with Gasteiger partial charge in [-0.1, -0.05) is 55.0 Å².